The van der Waals surface area contributed by atoms with Gasteiger partial charge in [-0.3, -0.25) is 9.69 Å². The number of carbonyl (C=O) groups is 1. The third-order valence-corrected chi connectivity index (χ3v) is 6.46. The molecule has 3 aromatic rings. The number of hydrogen-bond acceptors (Lipinski definition) is 5. The molecule has 1 fully saturated rings. The van der Waals surface area contributed by atoms with Gasteiger partial charge in [-0.15, -0.1) is 13.2 Å². The number of Topliss-reactive ketones (excluding diaryl/α,β-unsaturated/α-hetero) is 1. The SMILES string of the molecule is N#Cc1ccc2c(c1)NC1(CN(Cc3ccc(F)c(F)c3)C1)C(c1ccc(OC(F)(F)F)cc1)C2=O. The molecule has 1 saturated heterocycles. The fourth-order valence-corrected chi connectivity index (χ4v) is 5.03. The number of halogens is 5. The molecule has 0 aromatic heterocycles. The molecule has 2 aliphatic heterocycles. The van der Waals surface area contributed by atoms with Crippen molar-refractivity contribution in [1.82, 2.24) is 4.90 Å². The number of nitrogens with zero attached hydrogens (tertiary/aromatic N) is 2. The molecule has 1 N–H and O–H groups in total. The molecule has 0 aliphatic carbocycles. The topological polar surface area (TPSA) is 65.4 Å². The summed E-state index contributed by atoms with van der Waals surface area (Å²) in [6.45, 7) is 1.00. The monoisotopic (exact) mass is 499 g/mol. The van der Waals surface area contributed by atoms with Gasteiger partial charge in [0.2, 0.25) is 0 Å². The highest BCUT2D eigenvalue weighted by Crippen LogP contribution is 2.46. The Kier molecular flexibility index (Phi) is 5.68. The Bertz CT molecular complexity index is 1380. The maximum atomic E-state index is 13.6. The van der Waals surface area contributed by atoms with E-state index < -0.39 is 35.2 Å². The van der Waals surface area contributed by atoms with Crippen molar-refractivity contribution >= 4 is 11.5 Å². The number of nitriles is 1. The Morgan fingerprint density at radius 3 is 2.39 bits per heavy atom. The highest BCUT2D eigenvalue weighted by molar-refractivity contribution is 6.09. The number of benzene rings is 3. The molecule has 1 atom stereocenters. The molecule has 184 valence electrons. The van der Waals surface area contributed by atoms with E-state index in [9.17, 15) is 32.0 Å². The minimum absolute atomic E-state index is 0.231. The summed E-state index contributed by atoms with van der Waals surface area (Å²) in [5.74, 6) is -3.26. The Morgan fingerprint density at radius 1 is 1.03 bits per heavy atom. The number of ether oxygens (including phenoxy) is 1. The summed E-state index contributed by atoms with van der Waals surface area (Å²) in [4.78, 5) is 15.6. The van der Waals surface area contributed by atoms with Gasteiger partial charge in [-0.2, -0.15) is 5.26 Å². The van der Waals surface area contributed by atoms with Crippen LogP contribution < -0.4 is 10.1 Å². The van der Waals surface area contributed by atoms with Crippen LogP contribution >= 0.6 is 0 Å². The highest BCUT2D eigenvalue weighted by Gasteiger charge is 2.55. The van der Waals surface area contributed by atoms with Crippen LogP contribution in [0.4, 0.5) is 27.6 Å². The number of alkyl halides is 3. The highest BCUT2D eigenvalue weighted by atomic mass is 19.4. The predicted molar refractivity (Wildman–Crippen MR) is 119 cm³/mol. The number of fused-ring (bicyclic) bond motifs is 1. The maximum absolute atomic E-state index is 13.6. The summed E-state index contributed by atoms with van der Waals surface area (Å²) in [6, 6.07) is 15.5. The number of ketones is 1. The van der Waals surface area contributed by atoms with E-state index in [-0.39, 0.29) is 5.78 Å². The van der Waals surface area contributed by atoms with Gasteiger partial charge >= 0.3 is 6.36 Å². The van der Waals surface area contributed by atoms with Crippen molar-refractivity contribution < 1.29 is 31.5 Å². The Labute approximate surface area is 202 Å². The third kappa shape index (κ3) is 4.38. The molecule has 0 bridgehead atoms. The summed E-state index contributed by atoms with van der Waals surface area (Å²) in [7, 11) is 0. The second-order valence-corrected chi connectivity index (χ2v) is 8.96. The molecule has 0 saturated carbocycles. The molecule has 1 spiro atoms. The van der Waals surface area contributed by atoms with Crippen molar-refractivity contribution in [2.24, 2.45) is 0 Å². The Hall–Kier alpha value is -3.97. The van der Waals surface area contributed by atoms with Crippen molar-refractivity contribution in [3.8, 4) is 11.8 Å². The molecular weight excluding hydrogens is 481 g/mol. The van der Waals surface area contributed by atoms with Crippen LogP contribution in [0, 0.1) is 23.0 Å². The van der Waals surface area contributed by atoms with E-state index >= 15 is 0 Å². The van der Waals surface area contributed by atoms with Crippen LogP contribution in [0.5, 0.6) is 5.75 Å². The predicted octanol–water partition coefficient (Wildman–Crippen LogP) is 5.38. The van der Waals surface area contributed by atoms with Crippen LogP contribution in [-0.2, 0) is 6.54 Å². The minimum atomic E-state index is -4.84. The quantitative estimate of drug-likeness (QED) is 0.489. The second kappa shape index (κ2) is 8.60. The summed E-state index contributed by atoms with van der Waals surface area (Å²) in [6.07, 6.45) is -4.84. The standard InChI is InChI=1S/C26H18F5N3O2/c27-20-8-2-16(9-21(20)28)12-34-13-25(14-34)23(17-3-5-18(6-4-17)36-26(29,30)31)24(35)19-7-1-15(11-32)10-22(19)33-25/h1-10,23,33H,12-14H2. The largest absolute Gasteiger partial charge is 0.573 e. The molecule has 5 rings (SSSR count). The molecule has 2 heterocycles. The van der Waals surface area contributed by atoms with Crippen LogP contribution in [0.1, 0.15) is 33.0 Å². The fraction of sp³-hybridized carbons (Fsp3) is 0.231. The summed E-state index contributed by atoms with van der Waals surface area (Å²) in [5, 5.41) is 12.7. The van der Waals surface area contributed by atoms with Gasteiger partial charge in [0.15, 0.2) is 17.4 Å². The molecule has 0 amide bonds. The first-order valence-corrected chi connectivity index (χ1v) is 11.0. The van der Waals surface area contributed by atoms with Crippen LogP contribution in [-0.4, -0.2) is 35.7 Å². The van der Waals surface area contributed by atoms with Crippen LogP contribution in [0.25, 0.3) is 0 Å². The van der Waals surface area contributed by atoms with Crippen molar-refractivity contribution in [2.45, 2.75) is 24.4 Å². The maximum Gasteiger partial charge on any atom is 0.573 e. The smallest absolute Gasteiger partial charge is 0.406 e. The number of nitrogens with one attached hydrogen (secondary N) is 1. The lowest BCUT2D eigenvalue weighted by atomic mass is 9.67. The van der Waals surface area contributed by atoms with Gasteiger partial charge in [0, 0.05) is 30.9 Å². The third-order valence-electron chi connectivity index (χ3n) is 6.46. The van der Waals surface area contributed by atoms with E-state index in [0.29, 0.717) is 47.6 Å². The van der Waals surface area contributed by atoms with Gasteiger partial charge in [0.05, 0.1) is 23.1 Å². The lowest BCUT2D eigenvalue weighted by molar-refractivity contribution is -0.274. The summed E-state index contributed by atoms with van der Waals surface area (Å²) < 4.78 is 68.6. The van der Waals surface area contributed by atoms with Crippen LogP contribution in [0.2, 0.25) is 0 Å². The average Bonchev–Trinajstić information content (AvgIpc) is 2.80. The fourth-order valence-electron chi connectivity index (χ4n) is 5.03. The summed E-state index contributed by atoms with van der Waals surface area (Å²) >= 11 is 0. The van der Waals surface area contributed by atoms with E-state index in [0.717, 1.165) is 24.3 Å². The molecule has 2 aliphatic rings. The molecule has 3 aromatic carbocycles. The van der Waals surface area contributed by atoms with Gasteiger partial charge in [0.1, 0.15) is 5.75 Å². The van der Waals surface area contributed by atoms with Crippen molar-refractivity contribution in [3.05, 3.63) is 94.6 Å². The van der Waals surface area contributed by atoms with Crippen LogP contribution in [0.3, 0.4) is 0 Å². The zero-order valence-corrected chi connectivity index (χ0v) is 18.6. The van der Waals surface area contributed by atoms with E-state index in [1.54, 1.807) is 12.1 Å². The zero-order chi connectivity index (χ0) is 25.7. The van der Waals surface area contributed by atoms with Gasteiger partial charge in [-0.25, -0.2) is 8.78 Å². The molecule has 36 heavy (non-hydrogen) atoms. The van der Waals surface area contributed by atoms with E-state index in [4.69, 9.17) is 0 Å². The first-order valence-electron chi connectivity index (χ1n) is 11.0. The molecule has 5 nitrogen and oxygen atoms in total. The van der Waals surface area contributed by atoms with Gasteiger partial charge in [0.25, 0.3) is 0 Å². The lowest BCUT2D eigenvalue weighted by Crippen LogP contribution is -2.70. The number of hydrogen-bond donors (Lipinski definition) is 1. The van der Waals surface area contributed by atoms with Crippen molar-refractivity contribution in [1.29, 1.82) is 5.26 Å². The van der Waals surface area contributed by atoms with Crippen molar-refractivity contribution in [2.75, 3.05) is 18.4 Å². The second-order valence-electron chi connectivity index (χ2n) is 8.96. The normalized spacial score (nSPS) is 18.7. The lowest BCUT2D eigenvalue weighted by Gasteiger charge is -2.56. The number of anilines is 1. The van der Waals surface area contributed by atoms with Gasteiger partial charge < -0.3 is 10.1 Å². The zero-order valence-electron chi connectivity index (χ0n) is 18.6. The first-order chi connectivity index (χ1) is 17.1. The minimum Gasteiger partial charge on any atom is -0.406 e. The average molecular weight is 499 g/mol. The Morgan fingerprint density at radius 2 is 1.75 bits per heavy atom. The molecule has 1 unspecified atom stereocenters. The number of carbonyl (C=O) groups excluding carboxylic acids is 1. The molecule has 10 heteroatoms. The number of likely N-dealkylation sites (tertiary alicyclic amines) is 1. The first kappa shape index (κ1) is 23.8. The Balaban J connectivity index is 1.46. The van der Waals surface area contributed by atoms with E-state index in [1.807, 2.05) is 11.0 Å². The van der Waals surface area contributed by atoms with Gasteiger partial charge in [-0.1, -0.05) is 18.2 Å². The number of rotatable bonds is 4. The van der Waals surface area contributed by atoms with Gasteiger partial charge in [-0.05, 0) is 53.6 Å². The molecule has 0 radical (unpaired) electrons. The van der Waals surface area contributed by atoms with E-state index in [1.165, 1.54) is 24.3 Å². The van der Waals surface area contributed by atoms with Crippen LogP contribution in [0.15, 0.2) is 60.7 Å². The summed E-state index contributed by atoms with van der Waals surface area (Å²) in [5.41, 5.74) is 1.49. The molecular formula is C26H18F5N3O2. The van der Waals surface area contributed by atoms with E-state index in [2.05, 4.69) is 10.1 Å². The van der Waals surface area contributed by atoms with Crippen molar-refractivity contribution in [3.63, 3.8) is 0 Å².